The third-order valence-electron chi connectivity index (χ3n) is 5.57. The van der Waals surface area contributed by atoms with E-state index >= 15 is 0 Å². The molecule has 0 aliphatic carbocycles. The quantitative estimate of drug-likeness (QED) is 0.658. The average Bonchev–Trinajstić information content (AvgIpc) is 3.21. The summed E-state index contributed by atoms with van der Waals surface area (Å²) >= 11 is 0. The molecule has 9 heteroatoms. The molecule has 1 fully saturated rings. The summed E-state index contributed by atoms with van der Waals surface area (Å²) in [5.41, 5.74) is 1.65. The van der Waals surface area contributed by atoms with Crippen LogP contribution in [0.4, 0.5) is 10.5 Å². The van der Waals surface area contributed by atoms with Crippen molar-refractivity contribution in [2.24, 2.45) is 0 Å². The summed E-state index contributed by atoms with van der Waals surface area (Å²) in [4.78, 5) is 14.5. The van der Waals surface area contributed by atoms with Crippen LogP contribution in [0.5, 0.6) is 5.75 Å². The first-order valence-corrected chi connectivity index (χ1v) is 11.7. The summed E-state index contributed by atoms with van der Waals surface area (Å²) in [6, 6.07) is 14.0. The molecule has 2 heterocycles. The van der Waals surface area contributed by atoms with Gasteiger partial charge < -0.3 is 19.5 Å². The highest BCUT2D eigenvalue weighted by atomic mass is 32.2. The van der Waals surface area contributed by atoms with Gasteiger partial charge in [-0.15, -0.1) is 0 Å². The van der Waals surface area contributed by atoms with Crippen LogP contribution in [-0.2, 0) is 16.6 Å². The van der Waals surface area contributed by atoms with Crippen LogP contribution in [0.2, 0.25) is 0 Å². The van der Waals surface area contributed by atoms with E-state index in [4.69, 9.17) is 4.74 Å². The third kappa shape index (κ3) is 4.24. The van der Waals surface area contributed by atoms with Gasteiger partial charge in [0.1, 0.15) is 5.75 Å². The lowest BCUT2D eigenvalue weighted by Crippen LogP contribution is -2.51. The number of piperazine rings is 1. The standard InChI is InChI=1S/C22H26N4O4S/c1-3-24-10-9-17-15-20(7-8-21(17)24)31(28,29)26-13-11-25(12-14-26)22(27)23-18-5-4-6-19(16-18)30-2/h4-10,15-16H,3,11-14H2,1-2H3,(H,23,27). The van der Waals surface area contributed by atoms with E-state index in [1.165, 1.54) is 4.31 Å². The summed E-state index contributed by atoms with van der Waals surface area (Å²) < 4.78 is 35.0. The lowest BCUT2D eigenvalue weighted by molar-refractivity contribution is 0.184. The molecule has 1 aromatic heterocycles. The molecule has 2 aromatic carbocycles. The molecule has 3 aromatic rings. The number of carbonyl (C=O) groups excluding carboxylic acids is 1. The number of nitrogens with zero attached hydrogens (tertiary/aromatic N) is 3. The second-order valence-electron chi connectivity index (χ2n) is 7.38. The molecule has 0 spiro atoms. The van der Waals surface area contributed by atoms with Gasteiger partial charge in [0.15, 0.2) is 0 Å². The summed E-state index contributed by atoms with van der Waals surface area (Å²) in [5.74, 6) is 0.653. The molecule has 1 saturated heterocycles. The Kier molecular flexibility index (Phi) is 5.88. The molecule has 1 aliphatic heterocycles. The number of benzene rings is 2. The summed E-state index contributed by atoms with van der Waals surface area (Å²) in [6.07, 6.45) is 1.96. The Hall–Kier alpha value is -3.04. The van der Waals surface area contributed by atoms with Gasteiger partial charge in [-0.2, -0.15) is 4.31 Å². The number of carbonyl (C=O) groups is 1. The van der Waals surface area contributed by atoms with Gasteiger partial charge in [0, 0.05) is 61.6 Å². The second kappa shape index (κ2) is 8.60. The Bertz CT molecular complexity index is 1200. The number of amides is 2. The topological polar surface area (TPSA) is 83.9 Å². The molecule has 1 aliphatic rings. The summed E-state index contributed by atoms with van der Waals surface area (Å²) in [5, 5.41) is 3.74. The minimum Gasteiger partial charge on any atom is -0.497 e. The molecular formula is C22H26N4O4S. The number of fused-ring (bicyclic) bond motifs is 1. The average molecular weight is 443 g/mol. The fourth-order valence-corrected chi connectivity index (χ4v) is 5.26. The normalized spacial score (nSPS) is 15.2. The van der Waals surface area contributed by atoms with Crippen molar-refractivity contribution < 1.29 is 17.9 Å². The lowest BCUT2D eigenvalue weighted by Gasteiger charge is -2.34. The molecule has 0 saturated carbocycles. The Morgan fingerprint density at radius 3 is 2.55 bits per heavy atom. The molecule has 1 N–H and O–H groups in total. The highest BCUT2D eigenvalue weighted by molar-refractivity contribution is 7.89. The number of methoxy groups -OCH3 is 1. The second-order valence-corrected chi connectivity index (χ2v) is 9.31. The van der Waals surface area contributed by atoms with Crippen LogP contribution in [0, 0.1) is 0 Å². The van der Waals surface area contributed by atoms with Crippen LogP contribution in [0.3, 0.4) is 0 Å². The highest BCUT2D eigenvalue weighted by Gasteiger charge is 2.30. The van der Waals surface area contributed by atoms with E-state index in [-0.39, 0.29) is 24.0 Å². The van der Waals surface area contributed by atoms with Crippen molar-refractivity contribution in [3.8, 4) is 5.75 Å². The van der Waals surface area contributed by atoms with E-state index in [0.717, 1.165) is 17.4 Å². The first-order valence-electron chi connectivity index (χ1n) is 10.2. The fourth-order valence-electron chi connectivity index (χ4n) is 3.80. The number of hydrogen-bond acceptors (Lipinski definition) is 4. The van der Waals surface area contributed by atoms with E-state index < -0.39 is 10.0 Å². The maximum absolute atomic E-state index is 13.1. The minimum atomic E-state index is -3.62. The van der Waals surface area contributed by atoms with Crippen LogP contribution in [0.15, 0.2) is 59.6 Å². The number of sulfonamides is 1. The number of hydrogen-bond donors (Lipinski definition) is 1. The maximum atomic E-state index is 13.1. The zero-order valence-corrected chi connectivity index (χ0v) is 18.4. The molecule has 8 nitrogen and oxygen atoms in total. The Labute approximate surface area is 182 Å². The zero-order valence-electron chi connectivity index (χ0n) is 17.6. The number of nitrogens with one attached hydrogen (secondary N) is 1. The van der Waals surface area contributed by atoms with Crippen molar-refractivity contribution in [2.75, 3.05) is 38.6 Å². The third-order valence-corrected chi connectivity index (χ3v) is 7.46. The van der Waals surface area contributed by atoms with Crippen molar-refractivity contribution in [3.05, 3.63) is 54.7 Å². The van der Waals surface area contributed by atoms with E-state index in [1.54, 1.807) is 48.4 Å². The Balaban J connectivity index is 1.42. The first-order chi connectivity index (χ1) is 14.9. The predicted molar refractivity (Wildman–Crippen MR) is 120 cm³/mol. The monoisotopic (exact) mass is 442 g/mol. The van der Waals surface area contributed by atoms with Crippen LogP contribution >= 0.6 is 0 Å². The van der Waals surface area contributed by atoms with Gasteiger partial charge in [0.05, 0.1) is 12.0 Å². The molecule has 0 radical (unpaired) electrons. The summed E-state index contributed by atoms with van der Waals surface area (Å²) in [6.45, 7) is 4.03. The van der Waals surface area contributed by atoms with Crippen molar-refractivity contribution in [1.82, 2.24) is 13.8 Å². The summed E-state index contributed by atoms with van der Waals surface area (Å²) in [7, 11) is -2.05. The van der Waals surface area contributed by atoms with Gasteiger partial charge >= 0.3 is 6.03 Å². The van der Waals surface area contributed by atoms with Gasteiger partial charge in [-0.25, -0.2) is 13.2 Å². The predicted octanol–water partition coefficient (Wildman–Crippen LogP) is 3.21. The molecule has 0 bridgehead atoms. The van der Waals surface area contributed by atoms with Crippen LogP contribution in [-0.4, -0.2) is 61.5 Å². The van der Waals surface area contributed by atoms with Crippen molar-refractivity contribution in [1.29, 1.82) is 0 Å². The smallest absolute Gasteiger partial charge is 0.321 e. The fraction of sp³-hybridized carbons (Fsp3) is 0.318. The molecule has 164 valence electrons. The van der Waals surface area contributed by atoms with Crippen molar-refractivity contribution in [2.45, 2.75) is 18.4 Å². The van der Waals surface area contributed by atoms with E-state index in [2.05, 4.69) is 9.88 Å². The van der Waals surface area contributed by atoms with Crippen molar-refractivity contribution >= 4 is 32.6 Å². The number of aromatic nitrogens is 1. The highest BCUT2D eigenvalue weighted by Crippen LogP contribution is 2.24. The van der Waals surface area contributed by atoms with Crippen molar-refractivity contribution in [3.63, 3.8) is 0 Å². The minimum absolute atomic E-state index is 0.252. The number of anilines is 1. The molecular weight excluding hydrogens is 416 g/mol. The zero-order chi connectivity index (χ0) is 22.0. The molecule has 4 rings (SSSR count). The van der Waals surface area contributed by atoms with Gasteiger partial charge in [0.2, 0.25) is 10.0 Å². The Morgan fingerprint density at radius 2 is 1.84 bits per heavy atom. The molecule has 0 atom stereocenters. The van der Waals surface area contributed by atoms with Crippen LogP contribution < -0.4 is 10.1 Å². The SMILES string of the molecule is CCn1ccc2cc(S(=O)(=O)N3CCN(C(=O)Nc4cccc(OC)c4)CC3)ccc21. The number of aryl methyl sites for hydroxylation is 1. The van der Waals surface area contributed by atoms with Gasteiger partial charge in [0.25, 0.3) is 0 Å². The number of rotatable bonds is 5. The lowest BCUT2D eigenvalue weighted by atomic mass is 10.2. The van der Waals surface area contributed by atoms with Crippen LogP contribution in [0.25, 0.3) is 10.9 Å². The first kappa shape index (κ1) is 21.2. The van der Waals surface area contributed by atoms with Gasteiger partial charge in [-0.3, -0.25) is 0 Å². The maximum Gasteiger partial charge on any atom is 0.321 e. The van der Waals surface area contributed by atoms with Gasteiger partial charge in [-0.1, -0.05) is 6.07 Å². The number of urea groups is 1. The van der Waals surface area contributed by atoms with Crippen LogP contribution in [0.1, 0.15) is 6.92 Å². The largest absolute Gasteiger partial charge is 0.497 e. The van der Waals surface area contributed by atoms with E-state index in [1.807, 2.05) is 25.3 Å². The van der Waals surface area contributed by atoms with E-state index in [0.29, 0.717) is 24.5 Å². The van der Waals surface area contributed by atoms with Gasteiger partial charge in [-0.05, 0) is 43.3 Å². The number of ether oxygens (including phenoxy) is 1. The Morgan fingerprint density at radius 1 is 1.06 bits per heavy atom. The van der Waals surface area contributed by atoms with E-state index in [9.17, 15) is 13.2 Å². The molecule has 0 unspecified atom stereocenters. The molecule has 2 amide bonds. The molecule has 31 heavy (non-hydrogen) atoms.